The highest BCUT2D eigenvalue weighted by atomic mass is 32.2. The summed E-state index contributed by atoms with van der Waals surface area (Å²) in [7, 11) is -3.34. The van der Waals surface area contributed by atoms with Gasteiger partial charge in [0.25, 0.3) is 5.91 Å². The van der Waals surface area contributed by atoms with Crippen LogP contribution < -0.4 is 10.0 Å². The van der Waals surface area contributed by atoms with Crippen molar-refractivity contribution in [2.45, 2.75) is 39.7 Å². The molecule has 0 saturated carbocycles. The molecular formula is C23H27N3O3S. The number of carbonyl (C=O) groups excluding carboxylic acids is 1. The number of nitrogens with one attached hydrogen (secondary N) is 2. The van der Waals surface area contributed by atoms with Crippen molar-refractivity contribution >= 4 is 32.5 Å². The Balaban J connectivity index is 1.76. The van der Waals surface area contributed by atoms with E-state index in [9.17, 15) is 13.2 Å². The van der Waals surface area contributed by atoms with Crippen LogP contribution in [0.5, 0.6) is 0 Å². The number of carbonyl (C=O) groups is 1. The van der Waals surface area contributed by atoms with Gasteiger partial charge in [-0.15, -0.1) is 0 Å². The Morgan fingerprint density at radius 3 is 2.30 bits per heavy atom. The molecule has 0 aliphatic carbocycles. The fourth-order valence-electron chi connectivity index (χ4n) is 3.25. The molecule has 0 spiro atoms. The average molecular weight is 426 g/mol. The molecule has 0 unspecified atom stereocenters. The molecule has 3 rings (SSSR count). The Kier molecular flexibility index (Phi) is 6.12. The number of sulfonamides is 1. The number of benzene rings is 2. The topological polar surface area (TPSA) is 88.2 Å². The molecule has 7 heteroatoms. The van der Waals surface area contributed by atoms with Gasteiger partial charge in [0.05, 0.1) is 23.5 Å². The van der Waals surface area contributed by atoms with Crippen molar-refractivity contribution in [1.29, 1.82) is 0 Å². The number of aryl methyl sites for hydroxylation is 1. The van der Waals surface area contributed by atoms with Crippen molar-refractivity contribution < 1.29 is 13.2 Å². The maximum atomic E-state index is 12.7. The smallest absolute Gasteiger partial charge is 0.270 e. The van der Waals surface area contributed by atoms with Crippen LogP contribution in [0.4, 0.5) is 5.69 Å². The molecule has 0 aliphatic heterocycles. The molecule has 1 atom stereocenters. The molecule has 1 aromatic heterocycles. The van der Waals surface area contributed by atoms with Gasteiger partial charge in [0, 0.05) is 5.39 Å². The summed E-state index contributed by atoms with van der Waals surface area (Å²) in [5.74, 6) is 0.175. The first-order valence-corrected chi connectivity index (χ1v) is 11.7. The first-order valence-electron chi connectivity index (χ1n) is 9.83. The molecule has 0 saturated heterocycles. The van der Waals surface area contributed by atoms with Gasteiger partial charge in [0.1, 0.15) is 5.69 Å². The van der Waals surface area contributed by atoms with Crippen LogP contribution >= 0.6 is 0 Å². The summed E-state index contributed by atoms with van der Waals surface area (Å²) < 4.78 is 25.4. The quantitative estimate of drug-likeness (QED) is 0.607. The minimum Gasteiger partial charge on any atom is -0.344 e. The minimum atomic E-state index is -3.34. The number of nitrogens with zero attached hydrogens (tertiary/aromatic N) is 1. The molecule has 0 radical (unpaired) electrons. The Bertz CT molecular complexity index is 1200. The third-order valence-corrected chi connectivity index (χ3v) is 5.60. The van der Waals surface area contributed by atoms with Gasteiger partial charge in [-0.3, -0.25) is 9.52 Å². The van der Waals surface area contributed by atoms with Gasteiger partial charge in [0.15, 0.2) is 0 Å². The zero-order valence-electron chi connectivity index (χ0n) is 17.9. The SMILES string of the molecule is Cc1cc([C@H](C)NC(=O)c2ccc3cc(C(C)C)ccc3n2)ccc1NS(C)(=O)=O. The van der Waals surface area contributed by atoms with Crippen LogP contribution in [0.15, 0.2) is 48.5 Å². The lowest BCUT2D eigenvalue weighted by Crippen LogP contribution is -2.27. The maximum Gasteiger partial charge on any atom is 0.270 e. The summed E-state index contributed by atoms with van der Waals surface area (Å²) >= 11 is 0. The maximum absolute atomic E-state index is 12.7. The number of rotatable bonds is 6. The van der Waals surface area contributed by atoms with Crippen LogP contribution in [0.3, 0.4) is 0 Å². The van der Waals surface area contributed by atoms with E-state index in [0.29, 0.717) is 17.3 Å². The summed E-state index contributed by atoms with van der Waals surface area (Å²) in [6, 6.07) is 14.8. The molecule has 2 N–H and O–H groups in total. The Morgan fingerprint density at radius 1 is 0.967 bits per heavy atom. The standard InChI is InChI=1S/C23H27N3O3S/c1-14(2)17-6-10-21-19(13-17)8-11-22(25-21)23(27)24-16(4)18-7-9-20(15(3)12-18)26-30(5,28)29/h6-14,16,26H,1-5H3,(H,24,27)/t16-/m0/s1. The Hall–Kier alpha value is -2.93. The summed E-state index contributed by atoms with van der Waals surface area (Å²) in [5, 5.41) is 3.97. The number of amides is 1. The first-order chi connectivity index (χ1) is 14.0. The van der Waals surface area contributed by atoms with Gasteiger partial charge in [-0.05, 0) is 60.7 Å². The van der Waals surface area contributed by atoms with E-state index >= 15 is 0 Å². The molecular weight excluding hydrogens is 398 g/mol. The molecule has 3 aromatic rings. The second-order valence-electron chi connectivity index (χ2n) is 7.95. The third kappa shape index (κ3) is 5.16. The molecule has 1 heterocycles. The first kappa shape index (κ1) is 21.8. The molecule has 0 fully saturated rings. The monoisotopic (exact) mass is 425 g/mol. The lowest BCUT2D eigenvalue weighted by Gasteiger charge is -2.16. The van der Waals surface area contributed by atoms with E-state index in [4.69, 9.17) is 0 Å². The summed E-state index contributed by atoms with van der Waals surface area (Å²) in [6.07, 6.45) is 1.11. The van der Waals surface area contributed by atoms with Crippen LogP contribution in [-0.4, -0.2) is 25.6 Å². The second kappa shape index (κ2) is 8.44. The number of aromatic nitrogens is 1. The van der Waals surface area contributed by atoms with E-state index in [1.807, 2.05) is 38.1 Å². The highest BCUT2D eigenvalue weighted by Gasteiger charge is 2.15. The number of pyridine rings is 1. The van der Waals surface area contributed by atoms with E-state index < -0.39 is 10.0 Å². The zero-order chi connectivity index (χ0) is 22.1. The molecule has 0 aliphatic rings. The van der Waals surface area contributed by atoms with Crippen LogP contribution in [0, 0.1) is 6.92 Å². The lowest BCUT2D eigenvalue weighted by molar-refractivity contribution is 0.0935. The van der Waals surface area contributed by atoms with Crippen molar-refractivity contribution in [3.8, 4) is 0 Å². The number of hydrogen-bond acceptors (Lipinski definition) is 4. The van der Waals surface area contributed by atoms with Crippen molar-refractivity contribution in [3.05, 3.63) is 70.9 Å². The van der Waals surface area contributed by atoms with E-state index in [1.165, 1.54) is 5.56 Å². The normalized spacial score (nSPS) is 12.7. The predicted octanol–water partition coefficient (Wildman–Crippen LogP) is 4.53. The zero-order valence-corrected chi connectivity index (χ0v) is 18.7. The molecule has 0 bridgehead atoms. The average Bonchev–Trinajstić information content (AvgIpc) is 2.67. The predicted molar refractivity (Wildman–Crippen MR) is 121 cm³/mol. The molecule has 2 aromatic carbocycles. The Morgan fingerprint density at radius 2 is 1.67 bits per heavy atom. The van der Waals surface area contributed by atoms with Crippen LogP contribution in [0.25, 0.3) is 10.9 Å². The summed E-state index contributed by atoms with van der Waals surface area (Å²) in [6.45, 7) is 7.99. The number of anilines is 1. The van der Waals surface area contributed by atoms with E-state index in [1.54, 1.807) is 18.2 Å². The highest BCUT2D eigenvalue weighted by Crippen LogP contribution is 2.23. The fraction of sp³-hybridized carbons (Fsp3) is 0.304. The van der Waals surface area contributed by atoms with Gasteiger partial charge < -0.3 is 5.32 Å². The molecule has 6 nitrogen and oxygen atoms in total. The van der Waals surface area contributed by atoms with E-state index in [2.05, 4.69) is 34.9 Å². The van der Waals surface area contributed by atoms with Gasteiger partial charge in [-0.1, -0.05) is 38.1 Å². The molecule has 158 valence electrons. The lowest BCUT2D eigenvalue weighted by atomic mass is 10.0. The van der Waals surface area contributed by atoms with Crippen molar-refractivity contribution in [1.82, 2.24) is 10.3 Å². The van der Waals surface area contributed by atoms with E-state index in [0.717, 1.165) is 28.3 Å². The van der Waals surface area contributed by atoms with Crippen molar-refractivity contribution in [3.63, 3.8) is 0 Å². The van der Waals surface area contributed by atoms with Crippen LogP contribution in [0.2, 0.25) is 0 Å². The van der Waals surface area contributed by atoms with Gasteiger partial charge in [-0.25, -0.2) is 13.4 Å². The third-order valence-electron chi connectivity index (χ3n) is 5.01. The fourth-order valence-corrected chi connectivity index (χ4v) is 3.88. The van der Waals surface area contributed by atoms with Gasteiger partial charge in [0.2, 0.25) is 10.0 Å². The van der Waals surface area contributed by atoms with Crippen LogP contribution in [0.1, 0.15) is 59.9 Å². The van der Waals surface area contributed by atoms with Crippen molar-refractivity contribution in [2.75, 3.05) is 11.0 Å². The Labute approximate surface area is 177 Å². The summed E-state index contributed by atoms with van der Waals surface area (Å²) in [4.78, 5) is 17.2. The van der Waals surface area contributed by atoms with Crippen molar-refractivity contribution in [2.24, 2.45) is 0 Å². The largest absolute Gasteiger partial charge is 0.344 e. The summed E-state index contributed by atoms with van der Waals surface area (Å²) in [5.41, 5.74) is 4.56. The molecule has 30 heavy (non-hydrogen) atoms. The highest BCUT2D eigenvalue weighted by molar-refractivity contribution is 7.92. The molecule has 1 amide bonds. The van der Waals surface area contributed by atoms with Gasteiger partial charge >= 0.3 is 0 Å². The number of hydrogen-bond donors (Lipinski definition) is 2. The van der Waals surface area contributed by atoms with Gasteiger partial charge in [-0.2, -0.15) is 0 Å². The second-order valence-corrected chi connectivity index (χ2v) is 9.70. The minimum absolute atomic E-state index is 0.256. The van der Waals surface area contributed by atoms with Crippen LogP contribution in [-0.2, 0) is 10.0 Å². The number of fused-ring (bicyclic) bond motifs is 1. The van der Waals surface area contributed by atoms with E-state index in [-0.39, 0.29) is 11.9 Å².